The van der Waals surface area contributed by atoms with Crippen LogP contribution in [0.25, 0.3) is 12.2 Å². The van der Waals surface area contributed by atoms with E-state index in [0.29, 0.717) is 12.2 Å². The van der Waals surface area contributed by atoms with Crippen molar-refractivity contribution in [2.45, 2.75) is 104 Å². The van der Waals surface area contributed by atoms with E-state index in [9.17, 15) is 4.79 Å². The molecule has 0 atom stereocenters. The average Bonchev–Trinajstić information content (AvgIpc) is 2.81. The fourth-order valence-electron chi connectivity index (χ4n) is 3.47. The molecular formula is C30H48O2. The van der Waals surface area contributed by atoms with Crippen molar-refractivity contribution in [1.82, 2.24) is 0 Å². The van der Waals surface area contributed by atoms with Crippen molar-refractivity contribution in [3.63, 3.8) is 0 Å². The highest BCUT2D eigenvalue weighted by Gasteiger charge is 2.01. The summed E-state index contributed by atoms with van der Waals surface area (Å²) < 4.78 is 5.07. The quantitative estimate of drug-likeness (QED) is 0.129. The fourth-order valence-corrected chi connectivity index (χ4v) is 3.47. The molecular weight excluding hydrogens is 392 g/mol. The zero-order valence-electron chi connectivity index (χ0n) is 21.0. The van der Waals surface area contributed by atoms with Crippen LogP contribution in [0.2, 0.25) is 0 Å². The van der Waals surface area contributed by atoms with Gasteiger partial charge in [0, 0.05) is 5.57 Å². The van der Waals surface area contributed by atoms with Crippen molar-refractivity contribution in [3.05, 3.63) is 60.7 Å². The molecule has 0 aliphatic heterocycles. The minimum Gasteiger partial charge on any atom is -0.462 e. The van der Waals surface area contributed by atoms with Gasteiger partial charge in [-0.25, -0.2) is 4.79 Å². The highest BCUT2D eigenvalue weighted by atomic mass is 16.5. The van der Waals surface area contributed by atoms with Crippen LogP contribution in [0.1, 0.15) is 115 Å². The van der Waals surface area contributed by atoms with Crippen LogP contribution in [0.4, 0.5) is 0 Å². The lowest BCUT2D eigenvalue weighted by Crippen LogP contribution is -2.05. The first-order chi connectivity index (χ1) is 15.6. The molecule has 1 rings (SSSR count). The molecule has 0 saturated heterocycles. The minimum atomic E-state index is -0.255. The predicted molar refractivity (Wildman–Crippen MR) is 143 cm³/mol. The Morgan fingerprint density at radius 1 is 0.750 bits per heavy atom. The maximum atomic E-state index is 11.2. The molecule has 0 aliphatic rings. The van der Waals surface area contributed by atoms with Gasteiger partial charge in [-0.05, 0) is 24.5 Å². The van der Waals surface area contributed by atoms with Gasteiger partial charge < -0.3 is 4.74 Å². The molecule has 2 nitrogen and oxygen atoms in total. The Morgan fingerprint density at radius 2 is 1.12 bits per heavy atom. The van der Waals surface area contributed by atoms with Crippen LogP contribution < -0.4 is 0 Å². The van der Waals surface area contributed by atoms with Crippen molar-refractivity contribution < 1.29 is 9.53 Å². The number of unbranched alkanes of at least 4 members (excludes halogenated alkanes) is 13. The summed E-state index contributed by atoms with van der Waals surface area (Å²) in [5.74, 6) is -0.255. The van der Waals surface area contributed by atoms with E-state index in [1.54, 1.807) is 6.92 Å². The van der Waals surface area contributed by atoms with Gasteiger partial charge in [0.1, 0.15) is 0 Å². The minimum absolute atomic E-state index is 0.255. The average molecular weight is 441 g/mol. The molecule has 0 radical (unpaired) electrons. The van der Waals surface area contributed by atoms with Crippen LogP contribution in [0.3, 0.4) is 0 Å². The summed E-state index contributed by atoms with van der Waals surface area (Å²) in [6, 6.07) is 8.02. The van der Waals surface area contributed by atoms with E-state index in [4.69, 9.17) is 4.74 Å². The summed E-state index contributed by atoms with van der Waals surface area (Å²) in [5, 5.41) is 0. The van der Waals surface area contributed by atoms with E-state index in [1.165, 1.54) is 83.5 Å². The Hall–Kier alpha value is -2.09. The van der Waals surface area contributed by atoms with Crippen LogP contribution in [0.15, 0.2) is 49.6 Å². The summed E-state index contributed by atoms with van der Waals surface area (Å²) in [6.45, 7) is 15.5. The third kappa shape index (κ3) is 17.6. The van der Waals surface area contributed by atoms with E-state index >= 15 is 0 Å². The van der Waals surface area contributed by atoms with E-state index in [-0.39, 0.29) is 5.97 Å². The molecule has 0 unspecified atom stereocenters. The Bertz CT molecular complexity index is 602. The molecule has 180 valence electrons. The Balaban J connectivity index is 0.000000792. The summed E-state index contributed by atoms with van der Waals surface area (Å²) in [6.07, 6.45) is 22.5. The number of carbonyl (C=O) groups excluding carboxylic acids is 1. The lowest BCUT2D eigenvalue weighted by Gasteiger charge is -2.04. The zero-order chi connectivity index (χ0) is 23.9. The van der Waals surface area contributed by atoms with E-state index in [1.807, 2.05) is 36.4 Å². The molecule has 0 spiro atoms. The van der Waals surface area contributed by atoms with Gasteiger partial charge in [-0.2, -0.15) is 0 Å². The molecule has 0 aromatic heterocycles. The number of benzene rings is 1. The zero-order valence-corrected chi connectivity index (χ0v) is 21.0. The van der Waals surface area contributed by atoms with Gasteiger partial charge in [-0.15, -0.1) is 0 Å². The lowest BCUT2D eigenvalue weighted by molar-refractivity contribution is -0.139. The standard InChI is InChI=1S/C20H38O2.C10H10/c1-4-5-6-7-8-9-10-11-12-13-14-15-16-17-18-22-20(21)19(2)3;1-3-9-7-5-6-8-10(9)4-2/h2,4-18H2,1,3H3;3-8H,1-2H2. The summed E-state index contributed by atoms with van der Waals surface area (Å²) >= 11 is 0. The van der Waals surface area contributed by atoms with Crippen LogP contribution in [0.5, 0.6) is 0 Å². The van der Waals surface area contributed by atoms with E-state index in [0.717, 1.165) is 17.5 Å². The topological polar surface area (TPSA) is 26.3 Å². The number of hydrogen-bond acceptors (Lipinski definition) is 2. The Kier molecular flexibility index (Phi) is 20.7. The monoisotopic (exact) mass is 440 g/mol. The van der Waals surface area contributed by atoms with Gasteiger partial charge in [0.05, 0.1) is 6.61 Å². The van der Waals surface area contributed by atoms with Crippen molar-refractivity contribution in [1.29, 1.82) is 0 Å². The molecule has 0 N–H and O–H groups in total. The molecule has 0 saturated carbocycles. The van der Waals surface area contributed by atoms with Crippen LogP contribution in [0, 0.1) is 0 Å². The smallest absolute Gasteiger partial charge is 0.333 e. The van der Waals surface area contributed by atoms with Crippen molar-refractivity contribution in [2.75, 3.05) is 6.61 Å². The van der Waals surface area contributed by atoms with Crippen LogP contribution >= 0.6 is 0 Å². The second-order valence-corrected chi connectivity index (χ2v) is 8.55. The second-order valence-electron chi connectivity index (χ2n) is 8.55. The maximum absolute atomic E-state index is 11.2. The van der Waals surface area contributed by atoms with E-state index in [2.05, 4.69) is 26.7 Å². The highest BCUT2D eigenvalue weighted by Crippen LogP contribution is 2.13. The Morgan fingerprint density at radius 3 is 1.47 bits per heavy atom. The SMILES string of the molecule is C=C(C)C(=O)OCCCCCCCCCCCCCCCC.C=Cc1ccccc1C=C. The summed E-state index contributed by atoms with van der Waals surface area (Å²) in [4.78, 5) is 11.2. The Labute approximate surface area is 198 Å². The number of esters is 1. The first-order valence-corrected chi connectivity index (χ1v) is 12.7. The summed E-state index contributed by atoms with van der Waals surface area (Å²) in [5.41, 5.74) is 2.76. The predicted octanol–water partition coefficient (Wildman–Crippen LogP) is 9.56. The molecule has 0 fully saturated rings. The molecule has 2 heteroatoms. The molecule has 1 aromatic rings. The van der Waals surface area contributed by atoms with Crippen LogP contribution in [-0.2, 0) is 9.53 Å². The van der Waals surface area contributed by atoms with Gasteiger partial charge in [0.25, 0.3) is 0 Å². The number of ether oxygens (including phenoxy) is 1. The van der Waals surface area contributed by atoms with Gasteiger partial charge in [0.15, 0.2) is 0 Å². The first-order valence-electron chi connectivity index (χ1n) is 12.7. The molecule has 0 amide bonds. The molecule has 0 aliphatic carbocycles. The first kappa shape index (κ1) is 29.9. The van der Waals surface area contributed by atoms with Crippen molar-refractivity contribution in [3.8, 4) is 0 Å². The van der Waals surface area contributed by atoms with Gasteiger partial charge in [0.2, 0.25) is 0 Å². The van der Waals surface area contributed by atoms with Crippen molar-refractivity contribution >= 4 is 18.1 Å². The van der Waals surface area contributed by atoms with E-state index < -0.39 is 0 Å². The molecule has 0 bridgehead atoms. The van der Waals surface area contributed by atoms with Crippen LogP contribution in [-0.4, -0.2) is 12.6 Å². The maximum Gasteiger partial charge on any atom is 0.333 e. The van der Waals surface area contributed by atoms with Gasteiger partial charge >= 0.3 is 5.97 Å². The summed E-state index contributed by atoms with van der Waals surface area (Å²) in [7, 11) is 0. The largest absolute Gasteiger partial charge is 0.462 e. The third-order valence-electron chi connectivity index (χ3n) is 5.52. The van der Waals surface area contributed by atoms with Gasteiger partial charge in [-0.3, -0.25) is 0 Å². The molecule has 32 heavy (non-hydrogen) atoms. The second kappa shape index (κ2) is 22.1. The molecule has 0 heterocycles. The lowest BCUT2D eigenvalue weighted by atomic mass is 10.0. The molecule has 1 aromatic carbocycles. The number of carbonyl (C=O) groups is 1. The normalized spacial score (nSPS) is 10.1. The fraction of sp³-hybridized carbons (Fsp3) is 0.567. The highest BCUT2D eigenvalue weighted by molar-refractivity contribution is 5.86. The number of hydrogen-bond donors (Lipinski definition) is 0. The van der Waals surface area contributed by atoms with Crippen molar-refractivity contribution in [2.24, 2.45) is 0 Å². The van der Waals surface area contributed by atoms with Gasteiger partial charge in [-0.1, -0.05) is 147 Å². The third-order valence-corrected chi connectivity index (χ3v) is 5.52. The number of rotatable bonds is 18.